The summed E-state index contributed by atoms with van der Waals surface area (Å²) in [6, 6.07) is 89.4. The van der Waals surface area contributed by atoms with Crippen molar-refractivity contribution in [1.82, 2.24) is 23.7 Å². The van der Waals surface area contributed by atoms with Gasteiger partial charge in [0.15, 0.2) is 5.82 Å². The zero-order valence-electron chi connectivity index (χ0n) is 37.4. The van der Waals surface area contributed by atoms with Gasteiger partial charge in [-0.3, -0.25) is 0 Å². The van der Waals surface area contributed by atoms with Crippen molar-refractivity contribution < 1.29 is 0 Å². The molecule has 0 spiro atoms. The first-order valence-corrected chi connectivity index (χ1v) is 23.5. The Balaban J connectivity index is 1.17. The molecule has 0 saturated heterocycles. The van der Waals surface area contributed by atoms with Crippen LogP contribution in [-0.2, 0) is 0 Å². The Hall–Kier alpha value is -9.32. The molecular weight excluding hydrogens is 839 g/mol. The van der Waals surface area contributed by atoms with Crippen LogP contribution in [0.4, 0.5) is 0 Å². The van der Waals surface area contributed by atoms with Crippen LogP contribution < -0.4 is 0 Å². The van der Waals surface area contributed by atoms with Crippen LogP contribution in [0.25, 0.3) is 128 Å². The van der Waals surface area contributed by atoms with E-state index in [0.29, 0.717) is 5.82 Å². The third-order valence-electron chi connectivity index (χ3n) is 13.8. The van der Waals surface area contributed by atoms with Crippen molar-refractivity contribution >= 4 is 65.4 Å². The van der Waals surface area contributed by atoms with E-state index in [4.69, 9.17) is 9.97 Å². The summed E-state index contributed by atoms with van der Waals surface area (Å²) >= 11 is 0. The van der Waals surface area contributed by atoms with Gasteiger partial charge in [0.2, 0.25) is 0 Å². The molecule has 69 heavy (non-hydrogen) atoms. The van der Waals surface area contributed by atoms with Gasteiger partial charge in [-0.1, -0.05) is 188 Å². The molecule has 0 saturated carbocycles. The van der Waals surface area contributed by atoms with E-state index in [0.717, 1.165) is 89.4 Å². The molecule has 0 aliphatic heterocycles. The molecule has 10 aromatic carbocycles. The Morgan fingerprint density at radius 3 is 1.00 bits per heavy atom. The van der Waals surface area contributed by atoms with Crippen molar-refractivity contribution in [3.8, 4) is 62.1 Å². The predicted molar refractivity (Wildman–Crippen MR) is 287 cm³/mol. The number of nitrogens with zero attached hydrogens (tertiary/aromatic N) is 5. The van der Waals surface area contributed by atoms with Gasteiger partial charge in [0.05, 0.1) is 61.6 Å². The number of fused-ring (bicyclic) bond motifs is 9. The number of rotatable bonds is 7. The predicted octanol–water partition coefficient (Wildman–Crippen LogP) is 16.4. The fourth-order valence-corrected chi connectivity index (χ4v) is 10.8. The first-order valence-electron chi connectivity index (χ1n) is 23.5. The van der Waals surface area contributed by atoms with E-state index in [-0.39, 0.29) is 0 Å². The van der Waals surface area contributed by atoms with Crippen molar-refractivity contribution in [2.75, 3.05) is 0 Å². The molecule has 4 aromatic heterocycles. The van der Waals surface area contributed by atoms with E-state index >= 15 is 0 Å². The fourth-order valence-electron chi connectivity index (χ4n) is 10.8. The van der Waals surface area contributed by atoms with Crippen LogP contribution in [0.2, 0.25) is 0 Å². The lowest BCUT2D eigenvalue weighted by Crippen LogP contribution is -2.10. The highest BCUT2D eigenvalue weighted by molar-refractivity contribution is 6.14. The first-order chi connectivity index (χ1) is 34.2. The molecular formula is C64H41N5. The largest absolute Gasteiger partial charge is 0.307 e. The van der Waals surface area contributed by atoms with Crippen LogP contribution in [0.1, 0.15) is 0 Å². The van der Waals surface area contributed by atoms with E-state index in [2.05, 4.69) is 256 Å². The highest BCUT2D eigenvalue weighted by atomic mass is 15.1. The number of aromatic nitrogens is 5. The Kier molecular flexibility index (Phi) is 8.83. The third kappa shape index (κ3) is 6.18. The van der Waals surface area contributed by atoms with Gasteiger partial charge in [-0.05, 0) is 71.8 Å². The number of benzene rings is 10. The first kappa shape index (κ1) is 38.9. The van der Waals surface area contributed by atoms with Gasteiger partial charge in [-0.25, -0.2) is 9.97 Å². The van der Waals surface area contributed by atoms with Gasteiger partial charge in [0, 0.05) is 49.0 Å². The van der Waals surface area contributed by atoms with Crippen molar-refractivity contribution in [2.45, 2.75) is 0 Å². The third-order valence-corrected chi connectivity index (χ3v) is 13.8. The van der Waals surface area contributed by atoms with Gasteiger partial charge in [0.25, 0.3) is 0 Å². The van der Waals surface area contributed by atoms with Crippen LogP contribution >= 0.6 is 0 Å². The summed E-state index contributed by atoms with van der Waals surface area (Å²) < 4.78 is 7.46. The van der Waals surface area contributed by atoms with Crippen LogP contribution in [0.15, 0.2) is 249 Å². The smallest absolute Gasteiger partial charge is 0.160 e. The summed E-state index contributed by atoms with van der Waals surface area (Å²) in [4.78, 5) is 10.9. The summed E-state index contributed by atoms with van der Waals surface area (Å²) in [5, 5.41) is 7.17. The second kappa shape index (κ2) is 15.7. The van der Waals surface area contributed by atoms with Gasteiger partial charge >= 0.3 is 0 Å². The van der Waals surface area contributed by atoms with E-state index < -0.39 is 0 Å². The SMILES string of the molecule is c1ccc(-c2cccc(-c3cc(-c4cc(-n5c6ccccc6c6ccccc65)c(-n5c6ccccc6c6ccccc65)c(-n5c6ccccc6c6ccccc65)c4)nc(-c4ccccc4)n3)c2)cc1. The van der Waals surface area contributed by atoms with E-state index in [1.807, 2.05) is 6.07 Å². The van der Waals surface area contributed by atoms with E-state index in [1.54, 1.807) is 0 Å². The highest BCUT2D eigenvalue weighted by Crippen LogP contribution is 2.45. The number of hydrogen-bond donors (Lipinski definition) is 0. The minimum absolute atomic E-state index is 0.663. The lowest BCUT2D eigenvalue weighted by Gasteiger charge is -2.23. The average Bonchev–Trinajstić information content (AvgIpc) is 4.07. The monoisotopic (exact) mass is 879 g/mol. The highest BCUT2D eigenvalue weighted by Gasteiger charge is 2.27. The summed E-state index contributed by atoms with van der Waals surface area (Å²) in [6.07, 6.45) is 0. The van der Waals surface area contributed by atoms with Gasteiger partial charge in [-0.2, -0.15) is 0 Å². The maximum Gasteiger partial charge on any atom is 0.160 e. The zero-order valence-corrected chi connectivity index (χ0v) is 37.4. The number of hydrogen-bond acceptors (Lipinski definition) is 2. The van der Waals surface area contributed by atoms with Crippen molar-refractivity contribution in [3.63, 3.8) is 0 Å². The molecule has 0 N–H and O–H groups in total. The second-order valence-corrected chi connectivity index (χ2v) is 17.7. The van der Waals surface area contributed by atoms with Crippen LogP contribution in [-0.4, -0.2) is 23.7 Å². The maximum atomic E-state index is 5.53. The second-order valence-electron chi connectivity index (χ2n) is 17.7. The topological polar surface area (TPSA) is 40.6 Å². The van der Waals surface area contributed by atoms with E-state index in [9.17, 15) is 0 Å². The molecule has 322 valence electrons. The minimum Gasteiger partial charge on any atom is -0.307 e. The minimum atomic E-state index is 0.663. The average molecular weight is 880 g/mol. The molecule has 4 heterocycles. The lowest BCUT2D eigenvalue weighted by atomic mass is 10.00. The summed E-state index contributed by atoms with van der Waals surface area (Å²) in [7, 11) is 0. The summed E-state index contributed by atoms with van der Waals surface area (Å²) in [5.41, 5.74) is 16.8. The Bertz CT molecular complexity index is 4010. The molecule has 0 radical (unpaired) electrons. The van der Waals surface area contributed by atoms with Gasteiger partial charge < -0.3 is 13.7 Å². The van der Waals surface area contributed by atoms with Crippen LogP contribution in [0.5, 0.6) is 0 Å². The molecule has 0 unspecified atom stereocenters. The molecule has 0 amide bonds. The lowest BCUT2D eigenvalue weighted by molar-refractivity contribution is 1.05. The normalized spacial score (nSPS) is 11.8. The maximum absolute atomic E-state index is 5.53. The molecule has 0 bridgehead atoms. The molecule has 0 aliphatic carbocycles. The molecule has 5 heteroatoms. The Morgan fingerprint density at radius 1 is 0.232 bits per heavy atom. The molecule has 14 aromatic rings. The van der Waals surface area contributed by atoms with Crippen molar-refractivity contribution in [2.24, 2.45) is 0 Å². The van der Waals surface area contributed by atoms with E-state index in [1.165, 1.54) is 32.3 Å². The van der Waals surface area contributed by atoms with Crippen molar-refractivity contribution in [1.29, 1.82) is 0 Å². The Morgan fingerprint density at radius 2 is 0.565 bits per heavy atom. The van der Waals surface area contributed by atoms with Gasteiger partial charge in [-0.15, -0.1) is 0 Å². The van der Waals surface area contributed by atoms with Crippen LogP contribution in [0, 0.1) is 0 Å². The molecule has 0 atom stereocenters. The standard InChI is InChI=1S/C64H41N5/c1-3-20-42(21-4-1)44-24-19-25-45(38-44)53-41-54(66-64(65-53)43-22-5-2-6-23-43)46-39-61(67-55-32-13-7-26-47(55)48-27-8-14-33-56(48)67)63(69-59-36-17-11-30-51(59)52-31-12-18-37-60(52)69)62(40-46)68-57-34-15-9-28-49(57)50-29-10-16-35-58(50)68/h1-41H. The fraction of sp³-hybridized carbons (Fsp3) is 0. The molecule has 5 nitrogen and oxygen atoms in total. The molecule has 0 aliphatic rings. The quantitative estimate of drug-likeness (QED) is 0.160. The number of para-hydroxylation sites is 6. The van der Waals surface area contributed by atoms with Crippen molar-refractivity contribution in [3.05, 3.63) is 249 Å². The van der Waals surface area contributed by atoms with Gasteiger partial charge in [0.1, 0.15) is 0 Å². The zero-order chi connectivity index (χ0) is 45.4. The molecule has 14 rings (SSSR count). The Labute approximate surface area is 398 Å². The summed E-state index contributed by atoms with van der Waals surface area (Å²) in [5.74, 6) is 0.663. The molecule has 0 fully saturated rings. The van der Waals surface area contributed by atoms with Crippen LogP contribution in [0.3, 0.4) is 0 Å². The summed E-state index contributed by atoms with van der Waals surface area (Å²) in [6.45, 7) is 0.